The Kier molecular flexibility index (Phi) is 4.42. The van der Waals surface area contributed by atoms with Crippen molar-refractivity contribution in [1.29, 1.82) is 0 Å². The summed E-state index contributed by atoms with van der Waals surface area (Å²) in [5.41, 5.74) is 0. The average molecular weight is 283 g/mol. The first-order valence-corrected chi connectivity index (χ1v) is 8.08. The number of amides is 1. The number of benzene rings is 1. The molecule has 1 N–H and O–H groups in total. The molecule has 0 bridgehead atoms. The number of carbonyl (C=O) groups excluding carboxylic acids is 1. The number of rotatable bonds is 4. The molecule has 5 nitrogen and oxygen atoms in total. The maximum Gasteiger partial charge on any atom is 0.412 e. The Morgan fingerprint density at radius 3 is 2.68 bits per heavy atom. The van der Waals surface area contributed by atoms with Crippen molar-refractivity contribution in [2.45, 2.75) is 12.8 Å². The zero-order chi connectivity index (χ0) is 13.7. The standard InChI is InChI=1S/C13H17NO4S/c15-13(18-12-4-2-1-3-5-12)14-8-6-11-7-9-19(16,17)10-11/h1-5,11H,6-10H2,(H,14,15). The fourth-order valence-electron chi connectivity index (χ4n) is 2.11. The number of carbonyl (C=O) groups is 1. The molecule has 19 heavy (non-hydrogen) atoms. The summed E-state index contributed by atoms with van der Waals surface area (Å²) >= 11 is 0. The Bertz CT molecular complexity index is 527. The molecule has 1 amide bonds. The molecular formula is C13H17NO4S. The second kappa shape index (κ2) is 6.06. The summed E-state index contributed by atoms with van der Waals surface area (Å²) in [6, 6.07) is 8.80. The molecule has 0 saturated carbocycles. The fraction of sp³-hybridized carbons (Fsp3) is 0.462. The van der Waals surface area contributed by atoms with E-state index in [1.165, 1.54) is 0 Å². The van der Waals surface area contributed by atoms with Gasteiger partial charge in [-0.1, -0.05) is 18.2 Å². The number of para-hydroxylation sites is 1. The van der Waals surface area contributed by atoms with E-state index in [-0.39, 0.29) is 17.4 Å². The van der Waals surface area contributed by atoms with Gasteiger partial charge in [0, 0.05) is 6.54 Å². The smallest absolute Gasteiger partial charge is 0.410 e. The van der Waals surface area contributed by atoms with Gasteiger partial charge in [0.2, 0.25) is 0 Å². The minimum absolute atomic E-state index is 0.155. The largest absolute Gasteiger partial charge is 0.412 e. The van der Waals surface area contributed by atoms with Gasteiger partial charge in [-0.2, -0.15) is 0 Å². The number of hydrogen-bond donors (Lipinski definition) is 1. The van der Waals surface area contributed by atoms with Crippen LogP contribution in [-0.4, -0.2) is 32.6 Å². The van der Waals surface area contributed by atoms with E-state index in [0.717, 1.165) is 0 Å². The lowest BCUT2D eigenvalue weighted by atomic mass is 10.1. The molecule has 0 spiro atoms. The molecule has 1 aliphatic rings. The molecule has 1 aromatic rings. The van der Waals surface area contributed by atoms with E-state index in [1.807, 2.05) is 6.07 Å². The van der Waals surface area contributed by atoms with Crippen LogP contribution in [0.4, 0.5) is 4.79 Å². The van der Waals surface area contributed by atoms with Gasteiger partial charge in [-0.15, -0.1) is 0 Å². The maximum atomic E-state index is 11.5. The van der Waals surface area contributed by atoms with E-state index in [2.05, 4.69) is 5.32 Å². The third kappa shape index (κ3) is 4.55. The van der Waals surface area contributed by atoms with Crippen molar-refractivity contribution in [3.05, 3.63) is 30.3 Å². The van der Waals surface area contributed by atoms with Crippen LogP contribution in [0.1, 0.15) is 12.8 Å². The first-order chi connectivity index (χ1) is 9.05. The van der Waals surface area contributed by atoms with Crippen molar-refractivity contribution < 1.29 is 17.9 Å². The molecule has 0 aromatic heterocycles. The van der Waals surface area contributed by atoms with Crippen LogP contribution in [0.2, 0.25) is 0 Å². The predicted molar refractivity (Wildman–Crippen MR) is 71.8 cm³/mol. The molecule has 1 aromatic carbocycles. The summed E-state index contributed by atoms with van der Waals surface area (Å²) in [5.74, 6) is 1.15. The number of sulfone groups is 1. The lowest BCUT2D eigenvalue weighted by Crippen LogP contribution is -2.29. The molecule has 0 aliphatic carbocycles. The summed E-state index contributed by atoms with van der Waals surface area (Å²) in [7, 11) is -2.84. The second-order valence-corrected chi connectivity index (χ2v) is 6.92. The van der Waals surface area contributed by atoms with E-state index in [1.54, 1.807) is 24.3 Å². The zero-order valence-corrected chi connectivity index (χ0v) is 11.4. The molecule has 1 aliphatic heterocycles. The molecule has 0 radical (unpaired) electrons. The fourth-order valence-corrected chi connectivity index (χ4v) is 4.02. The molecular weight excluding hydrogens is 266 g/mol. The minimum atomic E-state index is -2.84. The van der Waals surface area contributed by atoms with Crippen molar-refractivity contribution in [1.82, 2.24) is 5.32 Å². The SMILES string of the molecule is O=C(NCCC1CCS(=O)(=O)C1)Oc1ccccc1. The molecule has 1 unspecified atom stereocenters. The average Bonchev–Trinajstić information content (AvgIpc) is 2.70. The summed E-state index contributed by atoms with van der Waals surface area (Å²) < 4.78 is 27.6. The molecule has 1 saturated heterocycles. The van der Waals surface area contributed by atoms with Gasteiger partial charge < -0.3 is 10.1 Å². The lowest BCUT2D eigenvalue weighted by Gasteiger charge is -2.09. The minimum Gasteiger partial charge on any atom is -0.410 e. The van der Waals surface area contributed by atoms with Crippen LogP contribution in [-0.2, 0) is 9.84 Å². The van der Waals surface area contributed by atoms with Crippen LogP contribution < -0.4 is 10.1 Å². The highest BCUT2D eigenvalue weighted by molar-refractivity contribution is 7.91. The first-order valence-electron chi connectivity index (χ1n) is 6.26. The van der Waals surface area contributed by atoms with Crippen LogP contribution in [0.15, 0.2) is 30.3 Å². The summed E-state index contributed by atoms with van der Waals surface area (Å²) in [6.07, 6.45) is 0.855. The number of nitrogens with one attached hydrogen (secondary N) is 1. The third-order valence-corrected chi connectivity index (χ3v) is 4.94. The highest BCUT2D eigenvalue weighted by Crippen LogP contribution is 2.20. The van der Waals surface area contributed by atoms with Crippen LogP contribution in [0.25, 0.3) is 0 Å². The van der Waals surface area contributed by atoms with E-state index < -0.39 is 15.9 Å². The van der Waals surface area contributed by atoms with Gasteiger partial charge in [-0.05, 0) is 30.9 Å². The van der Waals surface area contributed by atoms with Crippen molar-refractivity contribution in [3.8, 4) is 5.75 Å². The van der Waals surface area contributed by atoms with Crippen molar-refractivity contribution in [2.75, 3.05) is 18.1 Å². The quantitative estimate of drug-likeness (QED) is 0.911. The summed E-state index contributed by atoms with van der Waals surface area (Å²) in [4.78, 5) is 11.5. The number of hydrogen-bond acceptors (Lipinski definition) is 4. The van der Waals surface area contributed by atoms with Crippen LogP contribution in [0, 0.1) is 5.92 Å². The molecule has 104 valence electrons. The van der Waals surface area contributed by atoms with Gasteiger partial charge in [-0.25, -0.2) is 13.2 Å². The molecule has 1 heterocycles. The predicted octanol–water partition coefficient (Wildman–Crippen LogP) is 1.60. The van der Waals surface area contributed by atoms with Gasteiger partial charge in [0.15, 0.2) is 9.84 Å². The van der Waals surface area contributed by atoms with Crippen molar-refractivity contribution in [3.63, 3.8) is 0 Å². The molecule has 6 heteroatoms. The summed E-state index contributed by atoms with van der Waals surface area (Å²) in [5, 5.41) is 2.63. The monoisotopic (exact) mass is 283 g/mol. The van der Waals surface area contributed by atoms with Gasteiger partial charge in [-0.3, -0.25) is 0 Å². The van der Waals surface area contributed by atoms with Crippen molar-refractivity contribution >= 4 is 15.9 Å². The normalized spacial score (nSPS) is 20.9. The lowest BCUT2D eigenvalue weighted by molar-refractivity contribution is 0.200. The van der Waals surface area contributed by atoms with Gasteiger partial charge >= 0.3 is 6.09 Å². The first kappa shape index (κ1) is 13.9. The number of ether oxygens (including phenoxy) is 1. The molecule has 2 rings (SSSR count). The topological polar surface area (TPSA) is 72.5 Å². The summed E-state index contributed by atoms with van der Waals surface area (Å²) in [6.45, 7) is 0.436. The third-order valence-electron chi connectivity index (χ3n) is 3.10. The zero-order valence-electron chi connectivity index (χ0n) is 10.5. The van der Waals surface area contributed by atoms with Gasteiger partial charge in [0.25, 0.3) is 0 Å². The Morgan fingerprint density at radius 1 is 1.32 bits per heavy atom. The van der Waals surface area contributed by atoms with Crippen LogP contribution >= 0.6 is 0 Å². The second-order valence-electron chi connectivity index (χ2n) is 4.69. The van der Waals surface area contributed by atoms with Crippen LogP contribution in [0.5, 0.6) is 5.75 Å². The Morgan fingerprint density at radius 2 is 2.05 bits per heavy atom. The Balaban J connectivity index is 1.67. The Hall–Kier alpha value is -1.56. The molecule has 1 atom stereocenters. The molecule has 1 fully saturated rings. The van der Waals surface area contributed by atoms with E-state index >= 15 is 0 Å². The van der Waals surface area contributed by atoms with E-state index in [0.29, 0.717) is 25.1 Å². The Labute approximate surface area is 112 Å². The van der Waals surface area contributed by atoms with E-state index in [4.69, 9.17) is 4.74 Å². The van der Waals surface area contributed by atoms with Gasteiger partial charge in [0.05, 0.1) is 11.5 Å². The van der Waals surface area contributed by atoms with Crippen molar-refractivity contribution in [2.24, 2.45) is 5.92 Å². The van der Waals surface area contributed by atoms with Gasteiger partial charge in [0.1, 0.15) is 5.75 Å². The van der Waals surface area contributed by atoms with E-state index in [9.17, 15) is 13.2 Å². The van der Waals surface area contributed by atoms with Crippen LogP contribution in [0.3, 0.4) is 0 Å². The maximum absolute atomic E-state index is 11.5. The highest BCUT2D eigenvalue weighted by atomic mass is 32.2. The highest BCUT2D eigenvalue weighted by Gasteiger charge is 2.27.